The molecule has 0 fully saturated rings. The van der Waals surface area contributed by atoms with Gasteiger partial charge < -0.3 is 16.2 Å². The van der Waals surface area contributed by atoms with Crippen LogP contribution in [0.25, 0.3) is 5.69 Å². The number of nitrogens with zero attached hydrogens (tertiary/aromatic N) is 4. The first-order valence-corrected chi connectivity index (χ1v) is 9.83. The van der Waals surface area contributed by atoms with Gasteiger partial charge >= 0.3 is 0 Å². The minimum Gasteiger partial charge on any atom is -0.482 e. The van der Waals surface area contributed by atoms with Crippen LogP contribution in [-0.2, 0) is 6.42 Å². The standard InChI is InChI=1S/C22H22F2N6O/c1-3-27-21-13(9-25)6-19-17(24)11-29-30(19)18-5-4-15(23)8-16(18)12(2)31-20-7-14(21)10-28-22(20)26/h4-5,7-12H,3,6,25H2,1-2H3,(H2,26,28)/t12-/m1/s1. The maximum Gasteiger partial charge on any atom is 0.166 e. The number of hydrogen-bond donors (Lipinski definition) is 2. The highest BCUT2D eigenvalue weighted by Crippen LogP contribution is 2.33. The largest absolute Gasteiger partial charge is 0.482 e. The molecule has 7 nitrogen and oxygen atoms in total. The summed E-state index contributed by atoms with van der Waals surface area (Å²) in [6.45, 7) is 4.12. The van der Waals surface area contributed by atoms with Gasteiger partial charge in [0, 0.05) is 30.3 Å². The molecule has 2 aromatic heterocycles. The highest BCUT2D eigenvalue weighted by Gasteiger charge is 2.24. The average molecular weight is 424 g/mol. The second kappa shape index (κ2) is 8.17. The van der Waals surface area contributed by atoms with E-state index < -0.39 is 17.7 Å². The summed E-state index contributed by atoms with van der Waals surface area (Å²) in [6, 6.07) is 5.88. The number of anilines is 1. The number of benzene rings is 1. The van der Waals surface area contributed by atoms with E-state index in [9.17, 15) is 8.78 Å². The van der Waals surface area contributed by atoms with Crippen molar-refractivity contribution in [3.8, 4) is 11.4 Å². The lowest BCUT2D eigenvalue weighted by atomic mass is 9.99. The van der Waals surface area contributed by atoms with Gasteiger partial charge in [-0.25, -0.2) is 18.4 Å². The van der Waals surface area contributed by atoms with Gasteiger partial charge in [0.15, 0.2) is 17.4 Å². The topological polar surface area (TPSA) is 104 Å². The van der Waals surface area contributed by atoms with E-state index in [2.05, 4.69) is 15.1 Å². The van der Waals surface area contributed by atoms with Crippen molar-refractivity contribution in [3.05, 3.63) is 76.9 Å². The number of aromatic nitrogens is 3. The Morgan fingerprint density at radius 1 is 1.29 bits per heavy atom. The highest BCUT2D eigenvalue weighted by atomic mass is 19.1. The molecule has 160 valence electrons. The van der Waals surface area contributed by atoms with Crippen LogP contribution >= 0.6 is 0 Å². The van der Waals surface area contributed by atoms with Gasteiger partial charge in [0.2, 0.25) is 0 Å². The molecular weight excluding hydrogens is 402 g/mol. The van der Waals surface area contributed by atoms with Crippen molar-refractivity contribution >= 4 is 11.5 Å². The number of fused-ring (bicyclic) bond motifs is 5. The maximum atomic E-state index is 14.8. The number of nitrogen functional groups attached to an aromatic ring is 1. The van der Waals surface area contributed by atoms with Crippen LogP contribution in [-0.4, -0.2) is 27.0 Å². The van der Waals surface area contributed by atoms with Crippen molar-refractivity contribution in [2.75, 3.05) is 12.3 Å². The number of allylic oxidation sites excluding steroid dienone is 1. The zero-order chi connectivity index (χ0) is 22.1. The molecule has 1 aliphatic heterocycles. The molecule has 3 heterocycles. The number of nitrogens with two attached hydrogens (primary N) is 2. The molecule has 4 N–H and O–H groups in total. The van der Waals surface area contributed by atoms with Gasteiger partial charge in [0.25, 0.3) is 0 Å². The Morgan fingerprint density at radius 2 is 2.10 bits per heavy atom. The lowest BCUT2D eigenvalue weighted by Crippen LogP contribution is -2.18. The summed E-state index contributed by atoms with van der Waals surface area (Å²) >= 11 is 0. The predicted octanol–water partition coefficient (Wildman–Crippen LogP) is 3.48. The molecule has 0 saturated carbocycles. The Balaban J connectivity index is 2.01. The first-order chi connectivity index (χ1) is 14.9. The number of halogens is 2. The van der Waals surface area contributed by atoms with Gasteiger partial charge in [-0.15, -0.1) is 0 Å². The van der Waals surface area contributed by atoms with Crippen molar-refractivity contribution < 1.29 is 13.5 Å². The van der Waals surface area contributed by atoms with E-state index in [0.29, 0.717) is 40.4 Å². The van der Waals surface area contributed by atoms with Gasteiger partial charge in [-0.3, -0.25) is 4.99 Å². The van der Waals surface area contributed by atoms with E-state index >= 15 is 0 Å². The second-order valence-corrected chi connectivity index (χ2v) is 7.11. The molecule has 0 spiro atoms. The molecule has 4 rings (SSSR count). The molecule has 0 amide bonds. The van der Waals surface area contributed by atoms with Crippen molar-refractivity contribution in [1.29, 1.82) is 0 Å². The minimum atomic E-state index is -0.624. The fraction of sp³-hybridized carbons (Fsp3) is 0.227. The normalized spacial score (nSPS) is 18.6. The lowest BCUT2D eigenvalue weighted by Gasteiger charge is -2.22. The smallest absolute Gasteiger partial charge is 0.166 e. The van der Waals surface area contributed by atoms with E-state index in [0.717, 1.165) is 6.20 Å². The molecule has 1 aliphatic rings. The highest BCUT2D eigenvalue weighted by molar-refractivity contribution is 6.13. The first kappa shape index (κ1) is 20.5. The molecule has 0 saturated heterocycles. The van der Waals surface area contributed by atoms with Crippen LogP contribution in [0.3, 0.4) is 0 Å². The minimum absolute atomic E-state index is 0.118. The van der Waals surface area contributed by atoms with Crippen molar-refractivity contribution in [2.45, 2.75) is 26.4 Å². The van der Waals surface area contributed by atoms with Crippen LogP contribution in [0.15, 0.2) is 53.4 Å². The van der Waals surface area contributed by atoms with Gasteiger partial charge in [0.05, 0.1) is 23.3 Å². The van der Waals surface area contributed by atoms with Gasteiger partial charge in [-0.1, -0.05) is 0 Å². The number of pyridine rings is 1. The lowest BCUT2D eigenvalue weighted by molar-refractivity contribution is 0.226. The number of hydrogen-bond acceptors (Lipinski definition) is 6. The maximum absolute atomic E-state index is 14.8. The van der Waals surface area contributed by atoms with E-state index in [4.69, 9.17) is 16.2 Å². The summed E-state index contributed by atoms with van der Waals surface area (Å²) in [7, 11) is 0. The Bertz CT molecular complexity index is 1200. The van der Waals surface area contributed by atoms with E-state index in [1.807, 2.05) is 6.92 Å². The zero-order valence-electron chi connectivity index (χ0n) is 17.1. The SMILES string of the molecule is CCN=C1C(=CN)Cc2c(F)cnn2-c2ccc(F)cc2[C@@H](C)Oc2cc1cnc2N. The van der Waals surface area contributed by atoms with E-state index in [1.54, 1.807) is 19.2 Å². The average Bonchev–Trinajstić information content (AvgIpc) is 3.11. The summed E-state index contributed by atoms with van der Waals surface area (Å²) in [6.07, 6.45) is 3.57. The van der Waals surface area contributed by atoms with Crippen molar-refractivity contribution in [3.63, 3.8) is 0 Å². The van der Waals surface area contributed by atoms with Gasteiger partial charge in [-0.05, 0) is 49.9 Å². The summed E-state index contributed by atoms with van der Waals surface area (Å²) in [5, 5.41) is 4.19. The van der Waals surface area contributed by atoms with Crippen molar-refractivity contribution in [1.82, 2.24) is 14.8 Å². The number of ether oxygens (including phenoxy) is 1. The van der Waals surface area contributed by atoms with E-state index in [-0.39, 0.29) is 17.9 Å². The molecule has 1 atom stereocenters. The van der Waals surface area contributed by atoms with Crippen molar-refractivity contribution in [2.24, 2.45) is 10.7 Å². The fourth-order valence-electron chi connectivity index (χ4n) is 3.64. The summed E-state index contributed by atoms with van der Waals surface area (Å²) < 4.78 is 36.4. The predicted molar refractivity (Wildman–Crippen MR) is 114 cm³/mol. The Morgan fingerprint density at radius 3 is 2.84 bits per heavy atom. The molecule has 2 bridgehead atoms. The molecule has 0 unspecified atom stereocenters. The quantitative estimate of drug-likeness (QED) is 0.622. The van der Waals surface area contributed by atoms with Crippen LogP contribution in [0.4, 0.5) is 14.6 Å². The van der Waals surface area contributed by atoms with E-state index in [1.165, 1.54) is 29.1 Å². The van der Waals surface area contributed by atoms with Gasteiger partial charge in [0.1, 0.15) is 11.9 Å². The third-order valence-electron chi connectivity index (χ3n) is 5.11. The second-order valence-electron chi connectivity index (χ2n) is 7.11. The first-order valence-electron chi connectivity index (χ1n) is 9.83. The molecule has 3 aromatic rings. The number of aliphatic imine (C=N–C) groups is 1. The Kier molecular flexibility index (Phi) is 5.41. The molecular formula is C22H22F2N6O. The van der Waals surface area contributed by atoms with Crippen LogP contribution in [0.1, 0.15) is 36.8 Å². The van der Waals surface area contributed by atoms with Crippen LogP contribution in [0.2, 0.25) is 0 Å². The Labute approximate surface area is 178 Å². The van der Waals surface area contributed by atoms with Gasteiger partial charge in [-0.2, -0.15) is 5.10 Å². The molecule has 31 heavy (non-hydrogen) atoms. The summed E-state index contributed by atoms with van der Waals surface area (Å²) in [5.74, 6) is -0.444. The summed E-state index contributed by atoms with van der Waals surface area (Å²) in [4.78, 5) is 8.79. The monoisotopic (exact) mass is 424 g/mol. The molecule has 1 aromatic carbocycles. The van der Waals surface area contributed by atoms with Crippen LogP contribution in [0.5, 0.6) is 5.75 Å². The molecule has 9 heteroatoms. The fourth-order valence-corrected chi connectivity index (χ4v) is 3.64. The molecule has 0 aliphatic carbocycles. The summed E-state index contributed by atoms with van der Waals surface area (Å²) in [5.41, 5.74) is 15.0. The third-order valence-corrected chi connectivity index (χ3v) is 5.11. The third kappa shape index (κ3) is 3.74. The van der Waals surface area contributed by atoms with Crippen LogP contribution < -0.4 is 16.2 Å². The molecule has 0 radical (unpaired) electrons. The zero-order valence-corrected chi connectivity index (χ0v) is 17.1. The number of rotatable bonds is 1. The van der Waals surface area contributed by atoms with Crippen LogP contribution in [0, 0.1) is 11.6 Å². The Hall–Kier alpha value is -3.75.